The maximum atomic E-state index is 14.5. The van der Waals surface area contributed by atoms with Crippen molar-refractivity contribution in [1.82, 2.24) is 10.3 Å². The van der Waals surface area contributed by atoms with Crippen LogP contribution in [-0.2, 0) is 6.54 Å². The van der Waals surface area contributed by atoms with E-state index in [-0.39, 0.29) is 23.2 Å². The van der Waals surface area contributed by atoms with E-state index in [2.05, 4.69) is 15.6 Å². The van der Waals surface area contributed by atoms with Gasteiger partial charge in [-0.25, -0.2) is 9.37 Å². The summed E-state index contributed by atoms with van der Waals surface area (Å²) >= 11 is 0. The minimum Gasteiger partial charge on any atom is -0.391 e. The second kappa shape index (κ2) is 6.71. The van der Waals surface area contributed by atoms with Gasteiger partial charge in [0.1, 0.15) is 0 Å². The Kier molecular flexibility index (Phi) is 5.17. The highest BCUT2D eigenvalue weighted by Gasteiger charge is 2.24. The zero-order valence-corrected chi connectivity index (χ0v) is 13.1. The molecular formula is C16H26FN3O. The summed E-state index contributed by atoms with van der Waals surface area (Å²) in [6.45, 7) is 6.59. The average Bonchev–Trinajstić information content (AvgIpc) is 2.41. The molecule has 21 heavy (non-hydrogen) atoms. The predicted octanol–water partition coefficient (Wildman–Crippen LogP) is 2.82. The van der Waals surface area contributed by atoms with Gasteiger partial charge in [0.25, 0.3) is 0 Å². The lowest BCUT2D eigenvalue weighted by molar-refractivity contribution is 0.116. The quantitative estimate of drug-likeness (QED) is 0.799. The van der Waals surface area contributed by atoms with Gasteiger partial charge in [-0.3, -0.25) is 0 Å². The van der Waals surface area contributed by atoms with Crippen LogP contribution < -0.4 is 10.6 Å². The Morgan fingerprint density at radius 3 is 2.71 bits per heavy atom. The van der Waals surface area contributed by atoms with Crippen LogP contribution in [0.1, 0.15) is 52.0 Å². The molecule has 5 heteroatoms. The lowest BCUT2D eigenvalue weighted by Crippen LogP contribution is -2.37. The first-order valence-corrected chi connectivity index (χ1v) is 7.70. The standard InChI is InChI=1S/C16H26FN3O/c1-16(2,3)19-10-11-8-9-18-15(14(11)17)20-12-6-4-5-7-13(12)21/h8-9,12-13,19,21H,4-7,10H2,1-3H3,(H,18,20). The molecule has 1 aromatic rings. The first-order valence-electron chi connectivity index (χ1n) is 7.70. The van der Waals surface area contributed by atoms with Crippen molar-refractivity contribution in [2.75, 3.05) is 5.32 Å². The minimum absolute atomic E-state index is 0.0666. The molecule has 0 bridgehead atoms. The number of aromatic nitrogens is 1. The van der Waals surface area contributed by atoms with Crippen LogP contribution in [0.5, 0.6) is 0 Å². The van der Waals surface area contributed by atoms with Crippen molar-refractivity contribution in [2.24, 2.45) is 0 Å². The van der Waals surface area contributed by atoms with Crippen LogP contribution in [0.15, 0.2) is 12.3 Å². The molecule has 0 spiro atoms. The summed E-state index contributed by atoms with van der Waals surface area (Å²) in [5.74, 6) is -0.0822. The van der Waals surface area contributed by atoms with Crippen LogP contribution in [-0.4, -0.2) is 27.8 Å². The molecule has 1 fully saturated rings. The number of pyridine rings is 1. The molecule has 0 saturated heterocycles. The van der Waals surface area contributed by atoms with Gasteiger partial charge >= 0.3 is 0 Å². The molecule has 1 aliphatic carbocycles. The Bertz CT molecular complexity index is 473. The fourth-order valence-electron chi connectivity index (χ4n) is 2.54. The van der Waals surface area contributed by atoms with Crippen molar-refractivity contribution < 1.29 is 9.50 Å². The summed E-state index contributed by atoms with van der Waals surface area (Å²) in [6.07, 6.45) is 4.90. The molecule has 1 saturated carbocycles. The van der Waals surface area contributed by atoms with E-state index in [1.165, 1.54) is 0 Å². The van der Waals surface area contributed by atoms with Crippen molar-refractivity contribution >= 4 is 5.82 Å². The molecule has 0 radical (unpaired) electrons. The van der Waals surface area contributed by atoms with Gasteiger partial charge in [-0.2, -0.15) is 0 Å². The molecule has 2 rings (SSSR count). The monoisotopic (exact) mass is 295 g/mol. The second-order valence-electron chi connectivity index (χ2n) is 6.84. The molecule has 0 aliphatic heterocycles. The number of aliphatic hydroxyl groups is 1. The first kappa shape index (κ1) is 16.2. The SMILES string of the molecule is CC(C)(C)NCc1ccnc(NC2CCCCC2O)c1F. The molecular weight excluding hydrogens is 269 g/mol. The number of anilines is 1. The fourth-order valence-corrected chi connectivity index (χ4v) is 2.54. The topological polar surface area (TPSA) is 57.2 Å². The third-order valence-electron chi connectivity index (χ3n) is 3.83. The first-order chi connectivity index (χ1) is 9.87. The average molecular weight is 295 g/mol. The maximum Gasteiger partial charge on any atom is 0.169 e. The highest BCUT2D eigenvalue weighted by Crippen LogP contribution is 2.23. The van der Waals surface area contributed by atoms with E-state index >= 15 is 0 Å². The van der Waals surface area contributed by atoms with Gasteiger partial charge in [-0.05, 0) is 39.7 Å². The molecule has 2 unspecified atom stereocenters. The Labute approximate surface area is 126 Å². The van der Waals surface area contributed by atoms with Gasteiger partial charge in [-0.15, -0.1) is 0 Å². The molecule has 0 aromatic carbocycles. The van der Waals surface area contributed by atoms with Crippen molar-refractivity contribution in [2.45, 2.75) is 70.7 Å². The van der Waals surface area contributed by atoms with E-state index in [9.17, 15) is 9.50 Å². The van der Waals surface area contributed by atoms with Crippen LogP contribution in [0.3, 0.4) is 0 Å². The molecule has 1 heterocycles. The van der Waals surface area contributed by atoms with Crippen LogP contribution in [0.4, 0.5) is 10.2 Å². The molecule has 118 valence electrons. The number of aliphatic hydroxyl groups excluding tert-OH is 1. The van der Waals surface area contributed by atoms with Crippen LogP contribution in [0, 0.1) is 5.82 Å². The van der Waals surface area contributed by atoms with E-state index in [1.807, 2.05) is 20.8 Å². The lowest BCUT2D eigenvalue weighted by atomic mass is 9.92. The normalized spacial score (nSPS) is 23.1. The number of rotatable bonds is 4. The third kappa shape index (κ3) is 4.64. The number of nitrogens with one attached hydrogen (secondary N) is 2. The predicted molar refractivity (Wildman–Crippen MR) is 82.7 cm³/mol. The summed E-state index contributed by atoms with van der Waals surface area (Å²) in [5, 5.41) is 16.3. The highest BCUT2D eigenvalue weighted by molar-refractivity contribution is 5.41. The largest absolute Gasteiger partial charge is 0.391 e. The van der Waals surface area contributed by atoms with E-state index in [4.69, 9.17) is 0 Å². The Morgan fingerprint density at radius 2 is 2.05 bits per heavy atom. The summed E-state index contributed by atoms with van der Waals surface area (Å²) in [7, 11) is 0. The van der Waals surface area contributed by atoms with Crippen molar-refractivity contribution in [1.29, 1.82) is 0 Å². The number of halogens is 1. The maximum absolute atomic E-state index is 14.5. The zero-order chi connectivity index (χ0) is 15.5. The van der Waals surface area contributed by atoms with Gasteiger partial charge in [0, 0.05) is 23.8 Å². The lowest BCUT2D eigenvalue weighted by Gasteiger charge is -2.29. The second-order valence-corrected chi connectivity index (χ2v) is 6.84. The van der Waals surface area contributed by atoms with Gasteiger partial charge in [0.15, 0.2) is 11.6 Å². The number of hydrogen-bond acceptors (Lipinski definition) is 4. The van der Waals surface area contributed by atoms with Gasteiger partial charge in [-0.1, -0.05) is 12.8 Å². The van der Waals surface area contributed by atoms with Crippen molar-refractivity contribution in [3.8, 4) is 0 Å². The van der Waals surface area contributed by atoms with Crippen LogP contribution >= 0.6 is 0 Å². The molecule has 4 nitrogen and oxygen atoms in total. The summed E-state index contributed by atoms with van der Waals surface area (Å²) in [6, 6.07) is 1.59. The van der Waals surface area contributed by atoms with E-state index in [0.717, 1.165) is 25.7 Å². The minimum atomic E-state index is -0.420. The van der Waals surface area contributed by atoms with Gasteiger partial charge in [0.05, 0.1) is 12.1 Å². The molecule has 1 aromatic heterocycles. The highest BCUT2D eigenvalue weighted by atomic mass is 19.1. The fraction of sp³-hybridized carbons (Fsp3) is 0.688. The summed E-state index contributed by atoms with van der Waals surface area (Å²) < 4.78 is 14.5. The molecule has 1 aliphatic rings. The molecule has 3 N–H and O–H groups in total. The molecule has 2 atom stereocenters. The summed E-state index contributed by atoms with van der Waals surface area (Å²) in [4.78, 5) is 4.09. The van der Waals surface area contributed by atoms with E-state index < -0.39 is 6.10 Å². The zero-order valence-electron chi connectivity index (χ0n) is 13.1. The van der Waals surface area contributed by atoms with E-state index in [0.29, 0.717) is 12.1 Å². The van der Waals surface area contributed by atoms with E-state index in [1.54, 1.807) is 12.3 Å². The number of hydrogen-bond donors (Lipinski definition) is 3. The third-order valence-corrected chi connectivity index (χ3v) is 3.83. The molecule has 0 amide bonds. The Morgan fingerprint density at radius 1 is 1.33 bits per heavy atom. The Balaban J connectivity index is 2.06. The number of nitrogens with zero attached hydrogens (tertiary/aromatic N) is 1. The van der Waals surface area contributed by atoms with Gasteiger partial charge in [0.2, 0.25) is 0 Å². The van der Waals surface area contributed by atoms with Crippen LogP contribution in [0.2, 0.25) is 0 Å². The van der Waals surface area contributed by atoms with Gasteiger partial charge < -0.3 is 15.7 Å². The smallest absolute Gasteiger partial charge is 0.169 e. The summed E-state index contributed by atoms with van der Waals surface area (Å²) in [5.41, 5.74) is 0.524. The van der Waals surface area contributed by atoms with Crippen molar-refractivity contribution in [3.63, 3.8) is 0 Å². The van der Waals surface area contributed by atoms with Crippen LogP contribution in [0.25, 0.3) is 0 Å². The Hall–Kier alpha value is -1.20. The van der Waals surface area contributed by atoms with Crippen molar-refractivity contribution in [3.05, 3.63) is 23.6 Å².